The fourth-order valence-electron chi connectivity index (χ4n) is 2.98. The summed E-state index contributed by atoms with van der Waals surface area (Å²) in [5.41, 5.74) is 3.97. The molecule has 130 valence electrons. The number of carbonyl (C=O) groups is 1. The van der Waals surface area contributed by atoms with Crippen LogP contribution in [-0.4, -0.2) is 25.5 Å². The number of aryl methyl sites for hydroxylation is 2. The van der Waals surface area contributed by atoms with E-state index >= 15 is 0 Å². The van der Waals surface area contributed by atoms with Gasteiger partial charge in [0.25, 0.3) is 0 Å². The summed E-state index contributed by atoms with van der Waals surface area (Å²) in [5, 5.41) is 12.6. The van der Waals surface area contributed by atoms with Gasteiger partial charge in [0, 0.05) is 29.9 Å². The Morgan fingerprint density at radius 2 is 1.92 bits per heavy atom. The van der Waals surface area contributed by atoms with Crippen LogP contribution in [0.4, 0.5) is 5.69 Å². The minimum atomic E-state index is -0.0341. The van der Waals surface area contributed by atoms with Gasteiger partial charge in [0.05, 0.1) is 23.9 Å². The van der Waals surface area contributed by atoms with E-state index in [2.05, 4.69) is 28.5 Å². The number of nitrogens with one attached hydrogen (secondary N) is 1. The van der Waals surface area contributed by atoms with Crippen LogP contribution < -0.4 is 5.32 Å². The number of anilines is 1. The summed E-state index contributed by atoms with van der Waals surface area (Å²) in [6, 6.07) is 15.6. The highest BCUT2D eigenvalue weighted by Crippen LogP contribution is 2.18. The first-order chi connectivity index (χ1) is 12.7. The van der Waals surface area contributed by atoms with E-state index in [1.165, 1.54) is 5.56 Å². The van der Waals surface area contributed by atoms with Crippen molar-refractivity contribution in [3.05, 3.63) is 72.7 Å². The first-order valence-corrected chi connectivity index (χ1v) is 8.52. The smallest absolute Gasteiger partial charge is 0.226 e. The van der Waals surface area contributed by atoms with E-state index < -0.39 is 0 Å². The monoisotopic (exact) mass is 345 g/mol. The summed E-state index contributed by atoms with van der Waals surface area (Å²) < 4.78 is 3.65. The Morgan fingerprint density at radius 3 is 2.69 bits per heavy atom. The molecule has 0 atom stereocenters. The molecule has 0 spiro atoms. The van der Waals surface area contributed by atoms with Crippen LogP contribution in [-0.2, 0) is 11.3 Å². The SMILES string of the molecule is Cc1cccc2c1cnn2CCC(=O)Nc1ccc(-n2cccn2)cc1. The molecule has 1 amide bonds. The van der Waals surface area contributed by atoms with Crippen molar-refractivity contribution in [2.75, 3.05) is 5.32 Å². The van der Waals surface area contributed by atoms with Crippen molar-refractivity contribution in [3.63, 3.8) is 0 Å². The van der Waals surface area contributed by atoms with Gasteiger partial charge in [-0.1, -0.05) is 12.1 Å². The van der Waals surface area contributed by atoms with E-state index in [4.69, 9.17) is 0 Å². The number of benzene rings is 2. The molecule has 0 unspecified atom stereocenters. The van der Waals surface area contributed by atoms with Crippen molar-refractivity contribution < 1.29 is 4.79 Å². The molecule has 0 aliphatic heterocycles. The van der Waals surface area contributed by atoms with Crippen molar-refractivity contribution in [1.29, 1.82) is 0 Å². The predicted octanol–water partition coefficient (Wildman–Crippen LogP) is 3.56. The highest BCUT2D eigenvalue weighted by atomic mass is 16.1. The molecule has 0 aliphatic rings. The summed E-state index contributed by atoms with van der Waals surface area (Å²) >= 11 is 0. The van der Waals surface area contributed by atoms with Gasteiger partial charge in [-0.2, -0.15) is 10.2 Å². The number of aromatic nitrogens is 4. The number of amides is 1. The first kappa shape index (κ1) is 16.1. The zero-order valence-electron chi connectivity index (χ0n) is 14.5. The van der Waals surface area contributed by atoms with Crippen LogP contribution in [0, 0.1) is 6.92 Å². The third-order valence-corrected chi connectivity index (χ3v) is 4.38. The van der Waals surface area contributed by atoms with Crippen molar-refractivity contribution in [3.8, 4) is 5.69 Å². The Hall–Kier alpha value is -3.41. The van der Waals surface area contributed by atoms with Gasteiger partial charge in [0.1, 0.15) is 0 Å². The Balaban J connectivity index is 1.38. The van der Waals surface area contributed by atoms with E-state index in [0.29, 0.717) is 13.0 Å². The van der Waals surface area contributed by atoms with E-state index in [9.17, 15) is 4.79 Å². The maximum Gasteiger partial charge on any atom is 0.226 e. The molecule has 6 nitrogen and oxygen atoms in total. The Morgan fingerprint density at radius 1 is 1.08 bits per heavy atom. The average Bonchev–Trinajstić information content (AvgIpc) is 3.31. The lowest BCUT2D eigenvalue weighted by molar-refractivity contribution is -0.116. The molecular weight excluding hydrogens is 326 g/mol. The molecule has 6 heteroatoms. The lowest BCUT2D eigenvalue weighted by Crippen LogP contribution is -2.15. The van der Waals surface area contributed by atoms with Gasteiger partial charge in [-0.25, -0.2) is 4.68 Å². The summed E-state index contributed by atoms with van der Waals surface area (Å²) in [7, 11) is 0. The van der Waals surface area contributed by atoms with Gasteiger partial charge in [0.2, 0.25) is 5.91 Å². The van der Waals surface area contributed by atoms with Gasteiger partial charge in [-0.3, -0.25) is 9.48 Å². The Kier molecular flexibility index (Phi) is 4.23. The third-order valence-electron chi connectivity index (χ3n) is 4.38. The van der Waals surface area contributed by atoms with Crippen LogP contribution in [0.3, 0.4) is 0 Å². The summed E-state index contributed by atoms with van der Waals surface area (Å²) in [6.07, 6.45) is 5.84. The molecule has 4 rings (SSSR count). The third kappa shape index (κ3) is 3.21. The van der Waals surface area contributed by atoms with Gasteiger partial charge in [-0.15, -0.1) is 0 Å². The van der Waals surface area contributed by atoms with Gasteiger partial charge in [-0.05, 0) is 48.9 Å². The average molecular weight is 345 g/mol. The first-order valence-electron chi connectivity index (χ1n) is 8.52. The molecule has 0 saturated carbocycles. The van der Waals surface area contributed by atoms with Crippen molar-refractivity contribution in [2.45, 2.75) is 19.9 Å². The molecule has 4 aromatic rings. The van der Waals surface area contributed by atoms with E-state index in [1.54, 1.807) is 10.9 Å². The van der Waals surface area contributed by atoms with Crippen LogP contribution in [0.5, 0.6) is 0 Å². The van der Waals surface area contributed by atoms with E-state index in [1.807, 2.05) is 59.5 Å². The predicted molar refractivity (Wildman–Crippen MR) is 101 cm³/mol. The number of carbonyl (C=O) groups excluding carboxylic acids is 1. The van der Waals surface area contributed by atoms with Gasteiger partial charge >= 0.3 is 0 Å². The number of nitrogens with zero attached hydrogens (tertiary/aromatic N) is 4. The Bertz CT molecular complexity index is 1030. The molecule has 0 fully saturated rings. The van der Waals surface area contributed by atoms with Crippen LogP contribution in [0.1, 0.15) is 12.0 Å². The fourth-order valence-corrected chi connectivity index (χ4v) is 2.98. The maximum atomic E-state index is 12.3. The highest BCUT2D eigenvalue weighted by molar-refractivity contribution is 5.91. The number of fused-ring (bicyclic) bond motifs is 1. The van der Waals surface area contributed by atoms with E-state index in [0.717, 1.165) is 22.3 Å². The maximum absolute atomic E-state index is 12.3. The second kappa shape index (κ2) is 6.84. The van der Waals surface area contributed by atoms with Crippen LogP contribution in [0.25, 0.3) is 16.6 Å². The normalized spacial score (nSPS) is 11.0. The lowest BCUT2D eigenvalue weighted by atomic mass is 10.1. The zero-order chi connectivity index (χ0) is 17.9. The summed E-state index contributed by atoms with van der Waals surface area (Å²) in [5.74, 6) is -0.0341. The summed E-state index contributed by atoms with van der Waals surface area (Å²) in [6.45, 7) is 2.61. The highest BCUT2D eigenvalue weighted by Gasteiger charge is 2.08. The molecule has 26 heavy (non-hydrogen) atoms. The molecule has 0 bridgehead atoms. The zero-order valence-corrected chi connectivity index (χ0v) is 14.5. The molecule has 0 saturated heterocycles. The van der Waals surface area contributed by atoms with E-state index in [-0.39, 0.29) is 5.91 Å². The topological polar surface area (TPSA) is 64.7 Å². The molecule has 0 aliphatic carbocycles. The van der Waals surface area contributed by atoms with Crippen LogP contribution in [0.15, 0.2) is 67.1 Å². The van der Waals surface area contributed by atoms with Crippen LogP contribution in [0.2, 0.25) is 0 Å². The molecule has 2 aromatic carbocycles. The molecule has 1 N–H and O–H groups in total. The minimum absolute atomic E-state index is 0.0341. The largest absolute Gasteiger partial charge is 0.326 e. The van der Waals surface area contributed by atoms with Crippen molar-refractivity contribution in [2.24, 2.45) is 0 Å². The quantitative estimate of drug-likeness (QED) is 0.601. The lowest BCUT2D eigenvalue weighted by Gasteiger charge is -2.08. The van der Waals surface area contributed by atoms with Crippen molar-refractivity contribution >= 4 is 22.5 Å². The second-order valence-corrected chi connectivity index (χ2v) is 6.17. The minimum Gasteiger partial charge on any atom is -0.326 e. The standard InChI is InChI=1S/C20H19N5O/c1-15-4-2-5-19-18(15)14-22-25(19)13-10-20(26)23-16-6-8-17(9-7-16)24-12-3-11-21-24/h2-9,11-12,14H,10,13H2,1H3,(H,23,26). The van der Waals surface area contributed by atoms with Crippen molar-refractivity contribution in [1.82, 2.24) is 19.6 Å². The summed E-state index contributed by atoms with van der Waals surface area (Å²) in [4.78, 5) is 12.3. The molecular formula is C20H19N5O. The number of rotatable bonds is 5. The molecule has 2 heterocycles. The number of hydrogen-bond donors (Lipinski definition) is 1. The number of hydrogen-bond acceptors (Lipinski definition) is 3. The van der Waals surface area contributed by atoms with Crippen LogP contribution >= 0.6 is 0 Å². The fraction of sp³-hybridized carbons (Fsp3) is 0.150. The van der Waals surface area contributed by atoms with Gasteiger partial charge < -0.3 is 5.32 Å². The molecule has 0 radical (unpaired) electrons. The van der Waals surface area contributed by atoms with Gasteiger partial charge in [0.15, 0.2) is 0 Å². The molecule has 2 aromatic heterocycles. The second-order valence-electron chi connectivity index (χ2n) is 6.17. The Labute approximate surface area is 151 Å².